The quantitative estimate of drug-likeness (QED) is 0.0940. The van der Waals surface area contributed by atoms with E-state index in [2.05, 4.69) is 84.5 Å². The summed E-state index contributed by atoms with van der Waals surface area (Å²) in [5, 5.41) is 2.09. The number of rotatable bonds is 11. The Morgan fingerprint density at radius 3 is 2.19 bits per heavy atom. The van der Waals surface area contributed by atoms with Crippen molar-refractivity contribution in [1.82, 2.24) is 19.3 Å². The number of piperazine rings is 1. The van der Waals surface area contributed by atoms with Gasteiger partial charge in [0.05, 0.1) is 30.1 Å². The molecule has 0 aromatic heterocycles. The predicted molar refractivity (Wildman–Crippen MR) is 207 cm³/mol. The van der Waals surface area contributed by atoms with Gasteiger partial charge in [-0.15, -0.1) is 0 Å². The van der Waals surface area contributed by atoms with Crippen molar-refractivity contribution < 1.29 is 23.5 Å². The molecule has 2 aromatic rings. The maximum absolute atomic E-state index is 14.4. The van der Waals surface area contributed by atoms with Gasteiger partial charge in [0.25, 0.3) is 5.91 Å². The van der Waals surface area contributed by atoms with E-state index in [4.69, 9.17) is 9.15 Å². The number of fused-ring (bicyclic) bond motifs is 7. The van der Waals surface area contributed by atoms with Crippen LogP contribution in [-0.4, -0.2) is 110 Å². The average molecular weight is 717 g/mol. The van der Waals surface area contributed by atoms with Crippen molar-refractivity contribution in [1.29, 1.82) is 0 Å². The molecule has 6 aliphatic rings. The molecule has 0 N–H and O–H groups in total. The molecule has 5 aliphatic heterocycles. The molecule has 8 rings (SSSR count). The van der Waals surface area contributed by atoms with E-state index in [0.29, 0.717) is 31.6 Å². The number of amides is 3. The van der Waals surface area contributed by atoms with Crippen LogP contribution in [0.15, 0.2) is 77.2 Å². The van der Waals surface area contributed by atoms with Crippen LogP contribution in [0, 0.1) is 11.8 Å². The number of imide groups is 1. The Morgan fingerprint density at radius 1 is 0.811 bits per heavy atom. The highest BCUT2D eigenvalue weighted by Gasteiger charge is 2.60. The Balaban J connectivity index is 1.03. The summed E-state index contributed by atoms with van der Waals surface area (Å²) in [6.07, 6.45) is 4.04. The molecule has 10 nitrogen and oxygen atoms in total. The maximum atomic E-state index is 14.4. The molecule has 0 saturated carbocycles. The second-order valence-electron chi connectivity index (χ2n) is 14.5. The van der Waals surface area contributed by atoms with Gasteiger partial charge in [0, 0.05) is 85.7 Å². The number of hydrogen-bond acceptors (Lipinski definition) is 7. The molecule has 0 spiro atoms. The van der Waals surface area contributed by atoms with E-state index in [9.17, 15) is 14.4 Å². The average Bonchev–Trinajstić information content (AvgIpc) is 3.88. The molecule has 3 fully saturated rings. The molecular formula is C43H50N5O5+. The number of anilines is 1. The molecular weight excluding hydrogens is 667 g/mol. The molecule has 5 heterocycles. The van der Waals surface area contributed by atoms with E-state index < -0.39 is 0 Å². The second-order valence-corrected chi connectivity index (χ2v) is 14.5. The molecule has 2 aromatic carbocycles. The number of benzene rings is 3. The van der Waals surface area contributed by atoms with E-state index in [1.165, 1.54) is 4.90 Å². The molecule has 4 unspecified atom stereocenters. The van der Waals surface area contributed by atoms with Gasteiger partial charge in [0.15, 0.2) is 0 Å². The molecule has 10 heteroatoms. The summed E-state index contributed by atoms with van der Waals surface area (Å²) in [7, 11) is 0. The zero-order valence-electron chi connectivity index (χ0n) is 31.3. The first-order valence-electron chi connectivity index (χ1n) is 19.5. The molecule has 53 heavy (non-hydrogen) atoms. The van der Waals surface area contributed by atoms with Crippen LogP contribution in [0.25, 0.3) is 33.4 Å². The summed E-state index contributed by atoms with van der Waals surface area (Å²) < 4.78 is 14.8. The minimum absolute atomic E-state index is 0.0205. The Morgan fingerprint density at radius 2 is 1.51 bits per heavy atom. The standard InChI is InChI=1S/C43H50N5O5/c1-5-45(6-2)28-14-16-32-36(26-28)53-37-27-29(46(7-3)8-4)15-17-33(37)38(32)30-12-9-10-13-31(30)41(49)47-24-22-44(23-25-47)20-11-21-48-42(50)39-34-18-19-35(52-34)40(39)43(48)51/h9-10,12-19,26-27,34-35,39-40H,5-8,11,20-25H2,1-4H3/q+1. The van der Waals surface area contributed by atoms with Crippen LogP contribution in [0.3, 0.4) is 0 Å². The smallest absolute Gasteiger partial charge is 0.254 e. The van der Waals surface area contributed by atoms with Crippen LogP contribution in [0.1, 0.15) is 44.5 Å². The van der Waals surface area contributed by atoms with E-state index in [1.54, 1.807) is 0 Å². The molecule has 1 aliphatic carbocycles. The summed E-state index contributed by atoms with van der Waals surface area (Å²) in [6, 6.07) is 20.8. The van der Waals surface area contributed by atoms with Gasteiger partial charge in [-0.3, -0.25) is 24.2 Å². The fraction of sp³-hybridized carbons (Fsp3) is 0.442. The van der Waals surface area contributed by atoms with Crippen LogP contribution >= 0.6 is 0 Å². The lowest BCUT2D eigenvalue weighted by atomic mass is 9.85. The SMILES string of the molecule is CCN(CC)c1ccc2c(-c3ccccc3C(=O)N3CCN(CCCN4C(=O)C5C6C=CC(O6)C5C4=O)CC3)c3ccc(=[N+](CC)CC)cc-3oc2c1. The van der Waals surface area contributed by atoms with E-state index in [1.807, 2.05) is 35.3 Å². The number of hydrogen-bond donors (Lipinski definition) is 0. The van der Waals surface area contributed by atoms with Crippen molar-refractivity contribution in [2.75, 3.05) is 70.3 Å². The van der Waals surface area contributed by atoms with Gasteiger partial charge in [0.2, 0.25) is 17.2 Å². The third kappa shape index (κ3) is 6.15. The summed E-state index contributed by atoms with van der Waals surface area (Å²) in [5.74, 6) is -0.0776. The van der Waals surface area contributed by atoms with Crippen molar-refractivity contribution in [3.05, 3.63) is 83.7 Å². The third-order valence-electron chi connectivity index (χ3n) is 11.9. The Bertz CT molecular complexity index is 2090. The minimum Gasteiger partial charge on any atom is -0.456 e. The topological polar surface area (TPSA) is 89.6 Å². The Hall–Kier alpha value is -4.80. The van der Waals surface area contributed by atoms with E-state index in [0.717, 1.165) is 90.3 Å². The van der Waals surface area contributed by atoms with Crippen LogP contribution < -0.4 is 14.8 Å². The summed E-state index contributed by atoms with van der Waals surface area (Å²) >= 11 is 0. The lowest BCUT2D eigenvalue weighted by Crippen LogP contribution is -2.49. The van der Waals surface area contributed by atoms with Gasteiger partial charge in [-0.1, -0.05) is 30.4 Å². The van der Waals surface area contributed by atoms with Crippen molar-refractivity contribution in [2.24, 2.45) is 11.8 Å². The Labute approximate surface area is 311 Å². The molecule has 0 radical (unpaired) electrons. The fourth-order valence-electron chi connectivity index (χ4n) is 9.00. The minimum atomic E-state index is -0.355. The largest absolute Gasteiger partial charge is 0.456 e. The summed E-state index contributed by atoms with van der Waals surface area (Å²) in [6.45, 7) is 16.1. The highest BCUT2D eigenvalue weighted by Crippen LogP contribution is 2.45. The van der Waals surface area contributed by atoms with Crippen LogP contribution in [-0.2, 0) is 14.3 Å². The first-order valence-corrected chi connectivity index (χ1v) is 19.5. The highest BCUT2D eigenvalue weighted by molar-refractivity contribution is 6.09. The van der Waals surface area contributed by atoms with Crippen molar-refractivity contribution in [3.63, 3.8) is 0 Å². The summed E-state index contributed by atoms with van der Waals surface area (Å²) in [5.41, 5.74) is 5.46. The van der Waals surface area contributed by atoms with Gasteiger partial charge in [-0.05, 0) is 70.5 Å². The fourth-order valence-corrected chi connectivity index (χ4v) is 9.00. The zero-order valence-corrected chi connectivity index (χ0v) is 31.3. The number of nitrogens with zero attached hydrogens (tertiary/aromatic N) is 5. The Kier molecular flexibility index (Phi) is 9.68. The molecule has 4 atom stereocenters. The molecule has 3 saturated heterocycles. The normalized spacial score (nSPS) is 22.4. The third-order valence-corrected chi connectivity index (χ3v) is 11.9. The van der Waals surface area contributed by atoms with E-state index >= 15 is 0 Å². The lowest BCUT2D eigenvalue weighted by molar-refractivity contribution is -0.142. The van der Waals surface area contributed by atoms with Crippen molar-refractivity contribution in [3.8, 4) is 22.5 Å². The van der Waals surface area contributed by atoms with Crippen molar-refractivity contribution >= 4 is 34.4 Å². The predicted octanol–water partition coefficient (Wildman–Crippen LogP) is 4.95. The molecule has 2 bridgehead atoms. The maximum Gasteiger partial charge on any atom is 0.254 e. The van der Waals surface area contributed by atoms with E-state index in [-0.39, 0.29) is 41.8 Å². The van der Waals surface area contributed by atoms with Crippen LogP contribution in [0.2, 0.25) is 0 Å². The number of carbonyl (C=O) groups is 3. The van der Waals surface area contributed by atoms with Gasteiger partial charge < -0.3 is 19.0 Å². The van der Waals surface area contributed by atoms with Gasteiger partial charge in [-0.2, -0.15) is 0 Å². The van der Waals surface area contributed by atoms with Crippen LogP contribution in [0.4, 0.5) is 5.69 Å². The second kappa shape index (κ2) is 14.6. The van der Waals surface area contributed by atoms with Crippen LogP contribution in [0.5, 0.6) is 0 Å². The summed E-state index contributed by atoms with van der Waals surface area (Å²) in [4.78, 5) is 48.6. The number of carbonyl (C=O) groups excluding carboxylic acids is 3. The zero-order chi connectivity index (χ0) is 36.8. The first kappa shape index (κ1) is 35.2. The lowest BCUT2D eigenvalue weighted by Gasteiger charge is -2.35. The molecule has 3 amide bonds. The van der Waals surface area contributed by atoms with Gasteiger partial charge >= 0.3 is 0 Å². The number of ether oxygens (including phenoxy) is 1. The highest BCUT2D eigenvalue weighted by atomic mass is 16.5. The van der Waals surface area contributed by atoms with Crippen molar-refractivity contribution in [2.45, 2.75) is 46.3 Å². The molecule has 276 valence electrons. The van der Waals surface area contributed by atoms with Gasteiger partial charge in [-0.25, -0.2) is 4.58 Å². The monoisotopic (exact) mass is 716 g/mol. The number of likely N-dealkylation sites (tertiary alicyclic amines) is 1. The van der Waals surface area contributed by atoms with Gasteiger partial charge in [0.1, 0.15) is 24.4 Å². The first-order chi connectivity index (χ1) is 25.8.